The number of thiophene rings is 1. The number of rotatable bonds is 5. The summed E-state index contributed by atoms with van der Waals surface area (Å²) >= 11 is 1.55. The number of benzene rings is 1. The predicted molar refractivity (Wildman–Crippen MR) is 79.5 cm³/mol. The molecule has 3 heteroatoms. The van der Waals surface area contributed by atoms with Gasteiger partial charge in [0.2, 0.25) is 5.78 Å². The number of hydrogen-bond acceptors (Lipinski definition) is 3. The van der Waals surface area contributed by atoms with Crippen LogP contribution in [0.15, 0.2) is 30.3 Å². The van der Waals surface area contributed by atoms with Gasteiger partial charge in [-0.05, 0) is 44.0 Å². The molecule has 0 aliphatic rings. The predicted octanol–water partition coefficient (Wildman–Crippen LogP) is 4.38. The molecular formula is C16H18O2S. The maximum absolute atomic E-state index is 12.5. The van der Waals surface area contributed by atoms with Crippen molar-refractivity contribution in [3.8, 4) is 5.75 Å². The number of carbonyl (C=O) groups is 1. The van der Waals surface area contributed by atoms with Gasteiger partial charge in [0, 0.05) is 10.4 Å². The van der Waals surface area contributed by atoms with Crippen LogP contribution in [0.3, 0.4) is 0 Å². The van der Waals surface area contributed by atoms with E-state index in [2.05, 4.69) is 13.0 Å². The molecular weight excluding hydrogens is 256 g/mol. The Morgan fingerprint density at radius 1 is 1.26 bits per heavy atom. The van der Waals surface area contributed by atoms with Crippen LogP contribution in [0.25, 0.3) is 0 Å². The summed E-state index contributed by atoms with van der Waals surface area (Å²) < 4.78 is 5.57. The minimum absolute atomic E-state index is 0.0811. The second-order valence-corrected chi connectivity index (χ2v) is 5.83. The first kappa shape index (κ1) is 13.8. The second-order valence-electron chi connectivity index (χ2n) is 4.57. The number of ether oxygens (including phenoxy) is 1. The zero-order valence-electron chi connectivity index (χ0n) is 11.5. The van der Waals surface area contributed by atoms with Gasteiger partial charge in [-0.2, -0.15) is 0 Å². The van der Waals surface area contributed by atoms with Crippen LogP contribution in [0.2, 0.25) is 0 Å². The van der Waals surface area contributed by atoms with E-state index in [1.807, 2.05) is 38.1 Å². The van der Waals surface area contributed by atoms with E-state index in [0.29, 0.717) is 12.2 Å². The monoisotopic (exact) mass is 274 g/mol. The van der Waals surface area contributed by atoms with Crippen LogP contribution in [0.1, 0.15) is 39.0 Å². The average Bonchev–Trinajstić information content (AvgIpc) is 2.75. The highest BCUT2D eigenvalue weighted by Gasteiger charge is 2.15. The normalized spacial score (nSPS) is 10.5. The van der Waals surface area contributed by atoms with E-state index in [-0.39, 0.29) is 5.78 Å². The van der Waals surface area contributed by atoms with Crippen molar-refractivity contribution in [2.75, 3.05) is 6.61 Å². The Bertz CT molecular complexity index is 584. The van der Waals surface area contributed by atoms with Gasteiger partial charge in [0.1, 0.15) is 5.75 Å². The fraction of sp³-hybridized carbons (Fsp3) is 0.312. The van der Waals surface area contributed by atoms with Crippen LogP contribution < -0.4 is 4.74 Å². The Hall–Kier alpha value is -1.61. The Labute approximate surface area is 118 Å². The molecule has 100 valence electrons. The zero-order valence-corrected chi connectivity index (χ0v) is 12.3. The Kier molecular flexibility index (Phi) is 4.38. The highest BCUT2D eigenvalue weighted by molar-refractivity contribution is 7.14. The van der Waals surface area contributed by atoms with E-state index in [0.717, 1.165) is 22.6 Å². The summed E-state index contributed by atoms with van der Waals surface area (Å²) in [5.74, 6) is 0.844. The van der Waals surface area contributed by atoms with Crippen molar-refractivity contribution < 1.29 is 9.53 Å². The Morgan fingerprint density at radius 3 is 2.68 bits per heavy atom. The molecule has 2 rings (SSSR count). The molecule has 2 nitrogen and oxygen atoms in total. The molecule has 0 amide bonds. The number of carbonyl (C=O) groups excluding carboxylic acids is 1. The maximum Gasteiger partial charge on any atom is 0.203 e. The molecule has 0 radical (unpaired) electrons. The molecule has 1 heterocycles. The summed E-state index contributed by atoms with van der Waals surface area (Å²) in [7, 11) is 0. The van der Waals surface area contributed by atoms with Crippen LogP contribution in [0.4, 0.5) is 0 Å². The van der Waals surface area contributed by atoms with Crippen LogP contribution in [-0.4, -0.2) is 12.4 Å². The van der Waals surface area contributed by atoms with E-state index in [9.17, 15) is 4.79 Å². The Morgan fingerprint density at radius 2 is 2.05 bits per heavy atom. The fourth-order valence-electron chi connectivity index (χ4n) is 1.94. The third-order valence-corrected chi connectivity index (χ3v) is 3.97. The molecule has 1 aromatic heterocycles. The maximum atomic E-state index is 12.5. The third-order valence-electron chi connectivity index (χ3n) is 2.82. The van der Waals surface area contributed by atoms with E-state index in [4.69, 9.17) is 4.74 Å². The van der Waals surface area contributed by atoms with E-state index in [1.54, 1.807) is 11.3 Å². The lowest BCUT2D eigenvalue weighted by Gasteiger charge is -2.06. The standard InChI is InChI=1S/C16H18O2S/c1-4-8-18-14-7-5-6-13(10-14)15(17)16-11(2)9-12(3)19-16/h5-7,9-10H,4,8H2,1-3H3. The second kappa shape index (κ2) is 6.02. The first-order valence-corrected chi connectivity index (χ1v) is 7.28. The SMILES string of the molecule is CCCOc1cccc(C(=O)c2sc(C)cc2C)c1. The highest BCUT2D eigenvalue weighted by Crippen LogP contribution is 2.25. The number of ketones is 1. The first-order valence-electron chi connectivity index (χ1n) is 6.46. The molecule has 0 bridgehead atoms. The van der Waals surface area contributed by atoms with Crippen molar-refractivity contribution in [2.24, 2.45) is 0 Å². The summed E-state index contributed by atoms with van der Waals surface area (Å²) in [6, 6.07) is 9.48. The quantitative estimate of drug-likeness (QED) is 0.756. The van der Waals surface area contributed by atoms with Gasteiger partial charge in [0.15, 0.2) is 0 Å². The molecule has 0 spiro atoms. The van der Waals surface area contributed by atoms with Gasteiger partial charge < -0.3 is 4.74 Å². The topological polar surface area (TPSA) is 26.3 Å². The summed E-state index contributed by atoms with van der Waals surface area (Å²) in [4.78, 5) is 14.5. The van der Waals surface area contributed by atoms with Gasteiger partial charge in [-0.3, -0.25) is 4.79 Å². The van der Waals surface area contributed by atoms with Crippen molar-refractivity contribution in [3.63, 3.8) is 0 Å². The molecule has 0 atom stereocenters. The highest BCUT2D eigenvalue weighted by atomic mass is 32.1. The van der Waals surface area contributed by atoms with Crippen LogP contribution in [-0.2, 0) is 0 Å². The molecule has 0 N–H and O–H groups in total. The lowest BCUT2D eigenvalue weighted by molar-refractivity contribution is 0.104. The summed E-state index contributed by atoms with van der Waals surface area (Å²) in [5.41, 5.74) is 1.74. The average molecular weight is 274 g/mol. The van der Waals surface area contributed by atoms with Crippen molar-refractivity contribution >= 4 is 17.1 Å². The van der Waals surface area contributed by atoms with Crippen LogP contribution >= 0.6 is 11.3 Å². The molecule has 0 fully saturated rings. The molecule has 0 saturated heterocycles. The molecule has 1 aromatic carbocycles. The van der Waals surface area contributed by atoms with Gasteiger partial charge >= 0.3 is 0 Å². The van der Waals surface area contributed by atoms with E-state index < -0.39 is 0 Å². The largest absolute Gasteiger partial charge is 0.494 e. The van der Waals surface area contributed by atoms with E-state index in [1.165, 1.54) is 4.88 Å². The minimum atomic E-state index is 0.0811. The lowest BCUT2D eigenvalue weighted by atomic mass is 10.1. The molecule has 0 saturated carbocycles. The minimum Gasteiger partial charge on any atom is -0.494 e. The van der Waals surface area contributed by atoms with Gasteiger partial charge in [-0.25, -0.2) is 0 Å². The third kappa shape index (κ3) is 3.24. The van der Waals surface area contributed by atoms with Gasteiger partial charge in [-0.1, -0.05) is 19.1 Å². The van der Waals surface area contributed by atoms with Crippen molar-refractivity contribution in [1.29, 1.82) is 0 Å². The van der Waals surface area contributed by atoms with Crippen LogP contribution in [0, 0.1) is 13.8 Å². The van der Waals surface area contributed by atoms with Gasteiger partial charge in [0.05, 0.1) is 11.5 Å². The Balaban J connectivity index is 2.26. The van der Waals surface area contributed by atoms with Gasteiger partial charge in [0.25, 0.3) is 0 Å². The first-order chi connectivity index (χ1) is 9.11. The van der Waals surface area contributed by atoms with E-state index >= 15 is 0 Å². The van der Waals surface area contributed by atoms with Crippen molar-refractivity contribution in [1.82, 2.24) is 0 Å². The number of hydrogen-bond donors (Lipinski definition) is 0. The fourth-order valence-corrected chi connectivity index (χ4v) is 2.93. The molecule has 2 aromatic rings. The number of aryl methyl sites for hydroxylation is 2. The summed E-state index contributed by atoms with van der Waals surface area (Å²) in [5, 5.41) is 0. The van der Waals surface area contributed by atoms with Crippen molar-refractivity contribution in [3.05, 3.63) is 51.2 Å². The molecule has 19 heavy (non-hydrogen) atoms. The molecule has 0 unspecified atom stereocenters. The van der Waals surface area contributed by atoms with Crippen molar-refractivity contribution in [2.45, 2.75) is 27.2 Å². The molecule has 0 aliphatic heterocycles. The van der Waals surface area contributed by atoms with Crippen LogP contribution in [0.5, 0.6) is 5.75 Å². The zero-order chi connectivity index (χ0) is 13.8. The molecule has 0 aliphatic carbocycles. The van der Waals surface area contributed by atoms with Gasteiger partial charge in [-0.15, -0.1) is 11.3 Å². The summed E-state index contributed by atoms with van der Waals surface area (Å²) in [6.45, 7) is 6.74. The lowest BCUT2D eigenvalue weighted by Crippen LogP contribution is -2.02. The smallest absolute Gasteiger partial charge is 0.203 e. The summed E-state index contributed by atoms with van der Waals surface area (Å²) in [6.07, 6.45) is 0.960.